The van der Waals surface area contributed by atoms with Gasteiger partial charge in [-0.05, 0) is 48.7 Å². The van der Waals surface area contributed by atoms with Gasteiger partial charge in [-0.25, -0.2) is 19.3 Å². The van der Waals surface area contributed by atoms with Crippen molar-refractivity contribution in [1.29, 1.82) is 0 Å². The van der Waals surface area contributed by atoms with Gasteiger partial charge in [-0.3, -0.25) is 0 Å². The Labute approximate surface area is 147 Å². The number of methoxy groups -OCH3 is 1. The minimum absolute atomic E-state index is 0.204. The van der Waals surface area contributed by atoms with Gasteiger partial charge in [0.1, 0.15) is 11.6 Å². The molecule has 2 aromatic heterocycles. The van der Waals surface area contributed by atoms with Crippen LogP contribution in [0.25, 0.3) is 11.3 Å². The van der Waals surface area contributed by atoms with Crippen LogP contribution in [0.1, 0.15) is 10.6 Å². The largest absolute Gasteiger partial charge is 0.497 e. The van der Waals surface area contributed by atoms with Crippen molar-refractivity contribution in [2.45, 2.75) is 12.8 Å². The van der Waals surface area contributed by atoms with Crippen molar-refractivity contribution >= 4 is 28.1 Å². The van der Waals surface area contributed by atoms with Crippen molar-refractivity contribution in [3.05, 3.63) is 52.1 Å². The molecule has 0 saturated heterocycles. The van der Waals surface area contributed by atoms with Crippen LogP contribution in [-0.2, 0) is 12.8 Å². The average Bonchev–Trinajstić information content (AvgIpc) is 2.94. The van der Waals surface area contributed by atoms with E-state index in [1.54, 1.807) is 24.4 Å². The van der Waals surface area contributed by atoms with E-state index in [9.17, 15) is 4.39 Å². The molecule has 24 heavy (non-hydrogen) atoms. The quantitative estimate of drug-likeness (QED) is 0.697. The van der Waals surface area contributed by atoms with E-state index in [1.807, 2.05) is 0 Å². The molecule has 8 heteroatoms. The Morgan fingerprint density at radius 1 is 1.25 bits per heavy atom. The maximum absolute atomic E-state index is 14.2. The number of halogens is 2. The summed E-state index contributed by atoms with van der Waals surface area (Å²) in [6.45, 7) is 0. The topological polar surface area (TPSA) is 73.9 Å². The molecule has 3 rings (SSSR count). The summed E-state index contributed by atoms with van der Waals surface area (Å²) in [7, 11) is 1.53. The molecule has 0 saturated carbocycles. The fourth-order valence-corrected chi connectivity index (χ4v) is 3.32. The second-order valence-corrected chi connectivity index (χ2v) is 6.44. The Hall–Kier alpha value is -2.25. The second kappa shape index (κ2) is 7.11. The van der Waals surface area contributed by atoms with Crippen LogP contribution in [0.3, 0.4) is 0 Å². The van der Waals surface area contributed by atoms with Gasteiger partial charge in [-0.15, -0.1) is 11.3 Å². The fraction of sp³-hybridized carbons (Fsp3) is 0.188. The van der Waals surface area contributed by atoms with Gasteiger partial charge >= 0.3 is 0 Å². The number of aromatic nitrogens is 3. The van der Waals surface area contributed by atoms with E-state index < -0.39 is 0 Å². The number of anilines is 1. The molecule has 0 radical (unpaired) electrons. The van der Waals surface area contributed by atoms with Gasteiger partial charge in [0.05, 0.1) is 12.8 Å². The zero-order valence-electron chi connectivity index (χ0n) is 12.8. The maximum Gasteiger partial charge on any atom is 0.222 e. The summed E-state index contributed by atoms with van der Waals surface area (Å²) in [5.41, 5.74) is 7.55. The summed E-state index contributed by atoms with van der Waals surface area (Å²) in [6.07, 6.45) is 2.85. The molecule has 0 aliphatic rings. The number of nitrogens with two attached hydrogens (primary N) is 1. The van der Waals surface area contributed by atoms with Gasteiger partial charge in [-0.2, -0.15) is 0 Å². The van der Waals surface area contributed by atoms with Crippen molar-refractivity contribution in [3.63, 3.8) is 0 Å². The van der Waals surface area contributed by atoms with E-state index in [-0.39, 0.29) is 11.1 Å². The predicted molar refractivity (Wildman–Crippen MR) is 92.9 cm³/mol. The maximum atomic E-state index is 14.2. The third-order valence-electron chi connectivity index (χ3n) is 3.43. The first-order valence-corrected chi connectivity index (χ1v) is 8.33. The molecule has 1 aromatic carbocycles. The summed E-state index contributed by atoms with van der Waals surface area (Å²) in [5.74, 6) is 0.193. The summed E-state index contributed by atoms with van der Waals surface area (Å²) in [4.78, 5) is 13.2. The molecule has 0 aliphatic carbocycles. The first kappa shape index (κ1) is 16.6. The van der Waals surface area contributed by atoms with Crippen molar-refractivity contribution in [2.75, 3.05) is 12.8 Å². The van der Waals surface area contributed by atoms with Crippen LogP contribution in [0.4, 0.5) is 9.52 Å². The third-order valence-corrected chi connectivity index (χ3v) is 4.56. The van der Waals surface area contributed by atoms with Gasteiger partial charge in [0.2, 0.25) is 5.28 Å². The minimum Gasteiger partial charge on any atom is -0.497 e. The smallest absolute Gasteiger partial charge is 0.222 e. The SMILES string of the molecule is COc1ccc(F)c(-c2nc(N)sc2CCc2ccnc(Cl)n2)c1. The van der Waals surface area contributed by atoms with E-state index in [4.69, 9.17) is 22.1 Å². The number of aryl methyl sites for hydroxylation is 2. The molecule has 0 bridgehead atoms. The summed E-state index contributed by atoms with van der Waals surface area (Å²) in [5, 5.41) is 0.596. The molecule has 0 fully saturated rings. The molecule has 124 valence electrons. The van der Waals surface area contributed by atoms with Crippen LogP contribution in [0.15, 0.2) is 30.5 Å². The molecule has 0 spiro atoms. The molecule has 2 heterocycles. The van der Waals surface area contributed by atoms with Crippen molar-refractivity contribution < 1.29 is 9.13 Å². The highest BCUT2D eigenvalue weighted by Crippen LogP contribution is 2.34. The van der Waals surface area contributed by atoms with Gasteiger partial charge in [0, 0.05) is 22.3 Å². The number of ether oxygens (including phenoxy) is 1. The zero-order chi connectivity index (χ0) is 17.1. The number of nitrogens with zero attached hydrogens (tertiary/aromatic N) is 3. The molecule has 0 atom stereocenters. The summed E-state index contributed by atoms with van der Waals surface area (Å²) >= 11 is 7.13. The molecule has 3 aromatic rings. The first-order chi connectivity index (χ1) is 11.6. The Kier molecular flexibility index (Phi) is 4.92. The second-order valence-electron chi connectivity index (χ2n) is 4.99. The lowest BCUT2D eigenvalue weighted by atomic mass is 10.1. The van der Waals surface area contributed by atoms with Gasteiger partial charge in [0.15, 0.2) is 5.13 Å². The number of thiazole rings is 1. The lowest BCUT2D eigenvalue weighted by Crippen LogP contribution is -1.97. The van der Waals surface area contributed by atoms with Crippen LogP contribution in [-0.4, -0.2) is 22.1 Å². The number of benzene rings is 1. The third kappa shape index (κ3) is 3.63. The molecule has 0 aliphatic heterocycles. The van der Waals surface area contributed by atoms with Gasteiger partial charge < -0.3 is 10.5 Å². The Morgan fingerprint density at radius 2 is 2.08 bits per heavy atom. The lowest BCUT2D eigenvalue weighted by Gasteiger charge is -2.06. The lowest BCUT2D eigenvalue weighted by molar-refractivity contribution is 0.414. The van der Waals surface area contributed by atoms with Crippen LogP contribution in [0.5, 0.6) is 5.75 Å². The Morgan fingerprint density at radius 3 is 2.83 bits per heavy atom. The molecule has 0 amide bonds. The van der Waals surface area contributed by atoms with E-state index >= 15 is 0 Å². The van der Waals surface area contributed by atoms with Gasteiger partial charge in [0.25, 0.3) is 0 Å². The number of hydrogen-bond donors (Lipinski definition) is 1. The van der Waals surface area contributed by atoms with Crippen LogP contribution >= 0.6 is 22.9 Å². The summed E-state index contributed by atoms with van der Waals surface area (Å²) < 4.78 is 19.4. The van der Waals surface area contributed by atoms with E-state index in [0.29, 0.717) is 35.0 Å². The summed E-state index contributed by atoms with van der Waals surface area (Å²) in [6, 6.07) is 6.34. The van der Waals surface area contributed by atoms with Crippen LogP contribution < -0.4 is 10.5 Å². The van der Waals surface area contributed by atoms with Crippen LogP contribution in [0.2, 0.25) is 5.28 Å². The highest BCUT2D eigenvalue weighted by Gasteiger charge is 2.16. The molecule has 5 nitrogen and oxygen atoms in total. The van der Waals surface area contributed by atoms with E-state index in [2.05, 4.69) is 15.0 Å². The molecular weight excluding hydrogens is 351 g/mol. The standard InChI is InChI=1S/C16H14ClFN4OS/c1-23-10-3-4-12(18)11(8-10)14-13(24-16(19)22-14)5-2-9-6-7-20-15(17)21-9/h3-4,6-8H,2,5H2,1H3,(H2,19,22). The van der Waals surface area contributed by atoms with Crippen molar-refractivity contribution in [2.24, 2.45) is 0 Å². The highest BCUT2D eigenvalue weighted by molar-refractivity contribution is 7.15. The highest BCUT2D eigenvalue weighted by atomic mass is 35.5. The first-order valence-electron chi connectivity index (χ1n) is 7.13. The number of nitrogen functional groups attached to an aromatic ring is 1. The van der Waals surface area contributed by atoms with Crippen LogP contribution in [0, 0.1) is 5.82 Å². The fourth-order valence-electron chi connectivity index (χ4n) is 2.31. The van der Waals surface area contributed by atoms with E-state index in [1.165, 1.54) is 24.5 Å². The Bertz CT molecular complexity index is 871. The monoisotopic (exact) mass is 364 g/mol. The molecular formula is C16H14ClFN4OS. The predicted octanol–water partition coefficient (Wildman–Crippen LogP) is 3.77. The van der Waals surface area contributed by atoms with Crippen molar-refractivity contribution in [3.8, 4) is 17.0 Å². The van der Waals surface area contributed by atoms with E-state index in [0.717, 1.165) is 10.6 Å². The van der Waals surface area contributed by atoms with Crippen molar-refractivity contribution in [1.82, 2.24) is 15.0 Å². The zero-order valence-corrected chi connectivity index (χ0v) is 14.4. The Balaban J connectivity index is 1.91. The number of hydrogen-bond acceptors (Lipinski definition) is 6. The molecule has 2 N–H and O–H groups in total. The number of rotatable bonds is 5. The molecule has 0 unspecified atom stereocenters. The van der Waals surface area contributed by atoms with Gasteiger partial charge in [-0.1, -0.05) is 0 Å². The average molecular weight is 365 g/mol. The normalized spacial score (nSPS) is 10.8. The minimum atomic E-state index is -0.368.